The maximum Gasteiger partial charge on any atom is -1.00 e. The third-order valence-electron chi connectivity index (χ3n) is 7.38. The average molecular weight is 566 g/mol. The molecule has 2 aliphatic carbocycles. The summed E-state index contributed by atoms with van der Waals surface area (Å²) in [6.45, 7) is 18.2. The van der Waals surface area contributed by atoms with Gasteiger partial charge in [0, 0.05) is 0 Å². The van der Waals surface area contributed by atoms with Crippen LogP contribution in [0.1, 0.15) is 119 Å². The van der Waals surface area contributed by atoms with E-state index in [0.29, 0.717) is 5.91 Å². The van der Waals surface area contributed by atoms with Crippen LogP contribution in [0.3, 0.4) is 0 Å². The molecule has 1 saturated carbocycles. The van der Waals surface area contributed by atoms with Crippen LogP contribution in [0.2, 0.25) is 13.1 Å². The summed E-state index contributed by atoms with van der Waals surface area (Å²) in [5, 5.41) is 0. The van der Waals surface area contributed by atoms with Crippen molar-refractivity contribution in [3.05, 3.63) is 21.1 Å². The monoisotopic (exact) mass is 564 g/mol. The first-order chi connectivity index (χ1) is 14.9. The summed E-state index contributed by atoms with van der Waals surface area (Å²) < 4.78 is 5.42. The minimum atomic E-state index is -1.75. The first-order valence-electron chi connectivity index (χ1n) is 13.5. The molecule has 0 atom stereocenters. The second kappa shape index (κ2) is 15.7. The second-order valence-electron chi connectivity index (χ2n) is 12.8. The van der Waals surface area contributed by atoms with Crippen molar-refractivity contribution in [1.82, 2.24) is 3.80 Å². The Labute approximate surface area is 231 Å². The fraction of sp³-hybridized carbons (Fsp3) is 0.821. The molecule has 0 aliphatic heterocycles. The smallest absolute Gasteiger partial charge is 1.00 e. The number of allylic oxidation sites excluding steroid dienone is 4. The van der Waals surface area contributed by atoms with Gasteiger partial charge in [-0.15, -0.1) is 0 Å². The number of carbonyl (C=O) groups excluding carboxylic acids is 1. The minimum absolute atomic E-state index is 0. The molecule has 0 aromatic heterocycles. The van der Waals surface area contributed by atoms with Crippen molar-refractivity contribution < 1.29 is 47.0 Å². The molecule has 6 heteroatoms. The zero-order chi connectivity index (χ0) is 23.9. The topological polar surface area (TPSA) is 29.1 Å². The number of hydrogen-bond acceptors (Lipinski definition) is 1. The predicted molar refractivity (Wildman–Crippen MR) is 140 cm³/mol. The number of rotatable bonds is 4. The first-order valence-corrected chi connectivity index (χ1v) is 20.7. The van der Waals surface area contributed by atoms with Gasteiger partial charge in [0.25, 0.3) is 0 Å². The summed E-state index contributed by atoms with van der Waals surface area (Å²) in [7, 11) is 0. The molecule has 34 heavy (non-hydrogen) atoms. The molecule has 2 rings (SSSR count). The number of halogens is 2. The van der Waals surface area contributed by atoms with E-state index in [1.165, 1.54) is 57.8 Å². The van der Waals surface area contributed by atoms with Crippen molar-refractivity contribution in [2.24, 2.45) is 16.7 Å². The van der Waals surface area contributed by atoms with E-state index in [4.69, 9.17) is 0 Å². The van der Waals surface area contributed by atoms with E-state index >= 15 is 0 Å². The van der Waals surface area contributed by atoms with E-state index in [9.17, 15) is 4.79 Å². The Morgan fingerprint density at radius 1 is 0.824 bits per heavy atom. The van der Waals surface area contributed by atoms with Gasteiger partial charge in [0.15, 0.2) is 0 Å². The molecule has 0 radical (unpaired) electrons. The van der Waals surface area contributed by atoms with E-state index in [2.05, 4.69) is 64.5 Å². The van der Waals surface area contributed by atoms with Gasteiger partial charge in [-0.3, -0.25) is 0 Å². The van der Waals surface area contributed by atoms with Gasteiger partial charge in [0.1, 0.15) is 0 Å². The van der Waals surface area contributed by atoms with Crippen LogP contribution in [0, 0.1) is 16.7 Å². The molecule has 1 N–H and O–H groups in total. The fourth-order valence-corrected chi connectivity index (χ4v) is 14.6. The molecule has 0 unspecified atom stereocenters. The molecule has 197 valence electrons. The normalized spacial score (nSPS) is 19.4. The van der Waals surface area contributed by atoms with Crippen LogP contribution >= 0.6 is 0 Å². The van der Waals surface area contributed by atoms with Gasteiger partial charge < -0.3 is 24.8 Å². The molecule has 0 spiro atoms. The largest absolute Gasteiger partial charge is 1.00 e. The van der Waals surface area contributed by atoms with Crippen molar-refractivity contribution in [1.29, 1.82) is 0 Å². The van der Waals surface area contributed by atoms with E-state index in [1.807, 2.05) is 0 Å². The molecule has 2 nitrogen and oxygen atoms in total. The standard InChI is InChI=1S/C13H25NO.C13H21.C2H7Si.2ClH.Ti/c14-13(15)12-10-8-6-4-2-1-3-5-7-9-11-12;1-12(2,3)10-8-7-9-11(10)13(4,5)6;1-3-2;;;/h12H,1-11H2,(H2,14,15);8H,9H2,1-6H3;3H,1-2H3;2*1H;/q;;;;;+3/p-3. The van der Waals surface area contributed by atoms with Gasteiger partial charge in [-0.2, -0.15) is 0 Å². The maximum absolute atomic E-state index is 13.6. The third kappa shape index (κ3) is 10.8. The molecule has 0 aromatic carbocycles. The number of amides is 1. The fourth-order valence-electron chi connectivity index (χ4n) is 5.37. The molecule has 0 saturated heterocycles. The maximum atomic E-state index is 13.6. The second-order valence-corrected chi connectivity index (χ2v) is 25.5. The molecule has 1 fully saturated rings. The van der Waals surface area contributed by atoms with E-state index in [0.717, 1.165) is 19.3 Å². The molecular weight excluding hydrogens is 513 g/mol. The Balaban J connectivity index is 0.00000544. The summed E-state index contributed by atoms with van der Waals surface area (Å²) in [6.07, 6.45) is 17.9. The summed E-state index contributed by atoms with van der Waals surface area (Å²) in [5.74, 6) is 0.671. The molecule has 1 amide bonds. The summed E-state index contributed by atoms with van der Waals surface area (Å²) in [6, 6.07) is 0. The Morgan fingerprint density at radius 3 is 1.62 bits per heavy atom. The van der Waals surface area contributed by atoms with E-state index in [-0.39, 0.29) is 41.6 Å². The van der Waals surface area contributed by atoms with E-state index in [1.54, 1.807) is 15.0 Å². The van der Waals surface area contributed by atoms with Crippen LogP contribution in [-0.4, -0.2) is 12.6 Å². The van der Waals surface area contributed by atoms with Crippen molar-refractivity contribution in [2.45, 2.75) is 132 Å². The average Bonchev–Trinajstić information content (AvgIpc) is 3.12. The Hall–Kier alpha value is 0.461. The van der Waals surface area contributed by atoms with Crippen LogP contribution < -0.4 is 28.6 Å². The number of nitrogens with one attached hydrogen (secondary N) is 1. The van der Waals surface area contributed by atoms with Gasteiger partial charge in [0.2, 0.25) is 0 Å². The Morgan fingerprint density at radius 2 is 1.26 bits per heavy atom. The van der Waals surface area contributed by atoms with Gasteiger partial charge in [-0.1, -0.05) is 0 Å². The van der Waals surface area contributed by atoms with Crippen molar-refractivity contribution >= 4 is 12.6 Å². The zero-order valence-electron chi connectivity index (χ0n) is 23.4. The molecule has 2 aliphatic rings. The van der Waals surface area contributed by atoms with Gasteiger partial charge in [0.05, 0.1) is 0 Å². The Bertz CT molecular complexity index is 680. The zero-order valence-corrected chi connectivity index (χ0v) is 27.6. The van der Waals surface area contributed by atoms with Crippen molar-refractivity contribution in [2.75, 3.05) is 0 Å². The van der Waals surface area contributed by atoms with Crippen molar-refractivity contribution in [3.8, 4) is 0 Å². The number of carbonyl (C=O) groups is 1. The van der Waals surface area contributed by atoms with Crippen molar-refractivity contribution in [3.63, 3.8) is 0 Å². The predicted octanol–water partition coefficient (Wildman–Crippen LogP) is 2.22. The van der Waals surface area contributed by atoms with Gasteiger partial charge in [-0.05, 0) is 0 Å². The molecule has 0 aromatic rings. The SMILES string of the molecule is C[SiH](C)[Ti+2]([NH]C(=O)C1CCCCCCCCCCC1)[C]1=CC(C(C)(C)C)=C(C(C)(C)C)C1.[Cl-].[Cl-]. The minimum Gasteiger partial charge on any atom is -1.00 e. The first kappa shape index (κ1) is 34.5. The third-order valence-corrected chi connectivity index (χ3v) is 18.5. The summed E-state index contributed by atoms with van der Waals surface area (Å²) in [5.41, 5.74) is 3.52. The molecular formula is C28H52Cl2NOSiTi. The van der Waals surface area contributed by atoms with Crippen LogP contribution in [0.5, 0.6) is 0 Å². The Kier molecular flexibility index (Phi) is 15.9. The number of hydrogen-bond donors (Lipinski definition) is 1. The van der Waals surface area contributed by atoms with Crippen LogP contribution in [0.25, 0.3) is 0 Å². The van der Waals surface area contributed by atoms with E-state index < -0.39 is 24.0 Å². The quantitative estimate of drug-likeness (QED) is 0.521. The summed E-state index contributed by atoms with van der Waals surface area (Å²) in [4.78, 5) is 13.6. The molecule has 0 bridgehead atoms. The van der Waals surface area contributed by atoms with Crippen LogP contribution in [0.15, 0.2) is 21.1 Å². The van der Waals surface area contributed by atoms with Gasteiger partial charge >= 0.3 is 208 Å². The van der Waals surface area contributed by atoms with Crippen LogP contribution in [0.4, 0.5) is 0 Å². The van der Waals surface area contributed by atoms with Crippen LogP contribution in [-0.2, 0) is 22.2 Å². The molecule has 0 heterocycles. The van der Waals surface area contributed by atoms with Gasteiger partial charge in [-0.25, -0.2) is 0 Å². The summed E-state index contributed by atoms with van der Waals surface area (Å²) >= 11 is -1.75.